The summed E-state index contributed by atoms with van der Waals surface area (Å²) >= 11 is 0. The van der Waals surface area contributed by atoms with Crippen molar-refractivity contribution < 1.29 is 9.72 Å². The predicted octanol–water partition coefficient (Wildman–Crippen LogP) is 3.51. The van der Waals surface area contributed by atoms with Crippen molar-refractivity contribution in [3.05, 3.63) is 33.9 Å². The maximum atomic E-state index is 11.9. The van der Waals surface area contributed by atoms with Crippen molar-refractivity contribution in [1.29, 1.82) is 0 Å². The van der Waals surface area contributed by atoms with Gasteiger partial charge in [0.2, 0.25) is 0 Å². The highest BCUT2D eigenvalue weighted by Gasteiger charge is 2.15. The molecule has 3 N–H and O–H groups in total. The number of carbonyl (C=O) groups is 1. The Kier molecular flexibility index (Phi) is 7.36. The monoisotopic (exact) mass is 307 g/mol. The molecule has 6 nitrogen and oxygen atoms in total. The Balaban J connectivity index is 2.34. The number of nitrogens with two attached hydrogens (primary N) is 1. The number of carbonyl (C=O) groups excluding carboxylic acids is 1. The van der Waals surface area contributed by atoms with E-state index in [1.165, 1.54) is 37.5 Å². The minimum Gasteiger partial charge on any atom is -0.393 e. The van der Waals surface area contributed by atoms with Crippen LogP contribution in [0.2, 0.25) is 0 Å². The number of nitro groups is 1. The topological polar surface area (TPSA) is 98.3 Å². The van der Waals surface area contributed by atoms with Crippen LogP contribution in [-0.2, 0) is 0 Å². The van der Waals surface area contributed by atoms with Gasteiger partial charge in [-0.3, -0.25) is 14.9 Å². The minimum absolute atomic E-state index is 0.0618. The van der Waals surface area contributed by atoms with Gasteiger partial charge in [0.1, 0.15) is 5.69 Å². The lowest BCUT2D eigenvalue weighted by Gasteiger charge is -2.07. The zero-order valence-electron chi connectivity index (χ0n) is 13.3. The number of nitro benzene ring substituents is 1. The van der Waals surface area contributed by atoms with Crippen LogP contribution in [0.3, 0.4) is 0 Å². The summed E-state index contributed by atoms with van der Waals surface area (Å²) in [6.07, 6.45) is 5.62. The molecule has 0 fully saturated rings. The van der Waals surface area contributed by atoms with Gasteiger partial charge in [-0.2, -0.15) is 0 Å². The third kappa shape index (κ3) is 6.11. The lowest BCUT2D eigenvalue weighted by Crippen LogP contribution is -2.24. The molecule has 0 unspecified atom stereocenters. The Morgan fingerprint density at radius 3 is 2.59 bits per heavy atom. The first-order valence-corrected chi connectivity index (χ1v) is 7.74. The van der Waals surface area contributed by atoms with Gasteiger partial charge in [0.15, 0.2) is 0 Å². The molecule has 0 aliphatic heterocycles. The summed E-state index contributed by atoms with van der Waals surface area (Å²) in [7, 11) is 0. The molecule has 1 rings (SSSR count). The molecule has 6 heteroatoms. The van der Waals surface area contributed by atoms with Gasteiger partial charge in [-0.15, -0.1) is 0 Å². The standard InChI is InChI=1S/C16H25N3O3/c1-12(2)7-5-3-4-6-10-18-16(20)13-8-9-14(17)15(11-13)19(21)22/h8-9,11-12H,3-7,10,17H2,1-2H3,(H,18,20). The number of benzene rings is 1. The molecule has 1 aromatic rings. The van der Waals surface area contributed by atoms with Crippen molar-refractivity contribution in [1.82, 2.24) is 5.32 Å². The van der Waals surface area contributed by atoms with Gasteiger partial charge in [0, 0.05) is 18.2 Å². The zero-order chi connectivity index (χ0) is 16.5. The number of nitrogens with one attached hydrogen (secondary N) is 1. The van der Waals surface area contributed by atoms with Gasteiger partial charge in [-0.1, -0.05) is 39.5 Å². The van der Waals surface area contributed by atoms with Crippen LogP contribution in [0.15, 0.2) is 18.2 Å². The van der Waals surface area contributed by atoms with Crippen LogP contribution in [-0.4, -0.2) is 17.4 Å². The molecule has 0 atom stereocenters. The lowest BCUT2D eigenvalue weighted by molar-refractivity contribution is -0.383. The number of hydrogen-bond donors (Lipinski definition) is 2. The Morgan fingerprint density at radius 2 is 1.95 bits per heavy atom. The molecule has 0 aromatic heterocycles. The second kappa shape index (κ2) is 9.02. The number of rotatable bonds is 9. The van der Waals surface area contributed by atoms with Crippen LogP contribution in [0.25, 0.3) is 0 Å². The Morgan fingerprint density at radius 1 is 1.27 bits per heavy atom. The molecule has 1 amide bonds. The molecule has 0 radical (unpaired) electrons. The summed E-state index contributed by atoms with van der Waals surface area (Å²) in [6, 6.07) is 4.10. The second-order valence-corrected chi connectivity index (χ2v) is 5.88. The molecule has 0 aliphatic carbocycles. The van der Waals surface area contributed by atoms with E-state index in [2.05, 4.69) is 19.2 Å². The maximum absolute atomic E-state index is 11.9. The SMILES string of the molecule is CC(C)CCCCCCNC(=O)c1ccc(N)c([N+](=O)[O-])c1. The minimum atomic E-state index is -0.583. The molecule has 0 bridgehead atoms. The Hall–Kier alpha value is -2.11. The zero-order valence-corrected chi connectivity index (χ0v) is 13.3. The van der Waals surface area contributed by atoms with Crippen LogP contribution < -0.4 is 11.1 Å². The van der Waals surface area contributed by atoms with Gasteiger partial charge in [-0.05, 0) is 24.5 Å². The third-order valence-corrected chi connectivity index (χ3v) is 3.48. The highest BCUT2D eigenvalue weighted by Crippen LogP contribution is 2.22. The van der Waals surface area contributed by atoms with Crippen molar-refractivity contribution in [3.8, 4) is 0 Å². The van der Waals surface area contributed by atoms with Gasteiger partial charge in [0.25, 0.3) is 11.6 Å². The smallest absolute Gasteiger partial charge is 0.292 e. The summed E-state index contributed by atoms with van der Waals surface area (Å²) < 4.78 is 0. The number of nitrogen functional groups attached to an aromatic ring is 1. The van der Waals surface area contributed by atoms with Crippen molar-refractivity contribution in [3.63, 3.8) is 0 Å². The normalized spacial score (nSPS) is 10.7. The van der Waals surface area contributed by atoms with Crippen molar-refractivity contribution >= 4 is 17.3 Å². The summed E-state index contributed by atoms with van der Waals surface area (Å²) in [5.41, 5.74) is 5.60. The van der Waals surface area contributed by atoms with Gasteiger partial charge < -0.3 is 11.1 Å². The molecule has 0 aliphatic rings. The quantitative estimate of drug-likeness (QED) is 0.315. The Labute approximate surface area is 131 Å². The lowest BCUT2D eigenvalue weighted by atomic mass is 10.0. The van der Waals surface area contributed by atoms with E-state index >= 15 is 0 Å². The van der Waals surface area contributed by atoms with Gasteiger partial charge in [-0.25, -0.2) is 0 Å². The van der Waals surface area contributed by atoms with E-state index in [1.54, 1.807) is 0 Å². The van der Waals surface area contributed by atoms with E-state index in [0.717, 1.165) is 18.8 Å². The van der Waals surface area contributed by atoms with E-state index in [0.29, 0.717) is 6.54 Å². The molecule has 0 saturated carbocycles. The van der Waals surface area contributed by atoms with Crippen LogP contribution >= 0.6 is 0 Å². The molecule has 0 heterocycles. The van der Waals surface area contributed by atoms with Crippen molar-refractivity contribution in [2.24, 2.45) is 5.92 Å². The van der Waals surface area contributed by atoms with Crippen molar-refractivity contribution in [2.75, 3.05) is 12.3 Å². The molecular formula is C16H25N3O3. The number of amides is 1. The molecular weight excluding hydrogens is 282 g/mol. The average molecular weight is 307 g/mol. The average Bonchev–Trinajstić information content (AvgIpc) is 2.45. The van der Waals surface area contributed by atoms with E-state index in [4.69, 9.17) is 5.73 Å². The number of nitrogens with zero attached hydrogens (tertiary/aromatic N) is 1. The second-order valence-electron chi connectivity index (χ2n) is 5.88. The first-order valence-electron chi connectivity index (χ1n) is 7.74. The molecule has 122 valence electrons. The van der Waals surface area contributed by atoms with E-state index < -0.39 is 4.92 Å². The van der Waals surface area contributed by atoms with Gasteiger partial charge in [0.05, 0.1) is 4.92 Å². The third-order valence-electron chi connectivity index (χ3n) is 3.48. The van der Waals surface area contributed by atoms with Crippen LogP contribution in [0.1, 0.15) is 56.3 Å². The molecule has 0 saturated heterocycles. The van der Waals surface area contributed by atoms with Crippen LogP contribution in [0.4, 0.5) is 11.4 Å². The van der Waals surface area contributed by atoms with E-state index in [1.807, 2.05) is 0 Å². The first kappa shape index (κ1) is 17.9. The number of unbranched alkanes of at least 4 members (excludes halogenated alkanes) is 3. The fraction of sp³-hybridized carbons (Fsp3) is 0.562. The summed E-state index contributed by atoms with van der Waals surface area (Å²) in [6.45, 7) is 5.01. The highest BCUT2D eigenvalue weighted by molar-refractivity contribution is 5.95. The molecule has 22 heavy (non-hydrogen) atoms. The van der Waals surface area contributed by atoms with E-state index in [9.17, 15) is 14.9 Å². The molecule has 1 aromatic carbocycles. The maximum Gasteiger partial charge on any atom is 0.292 e. The fourth-order valence-electron chi connectivity index (χ4n) is 2.18. The first-order chi connectivity index (χ1) is 10.4. The van der Waals surface area contributed by atoms with Crippen molar-refractivity contribution in [2.45, 2.75) is 46.0 Å². The van der Waals surface area contributed by atoms with Crippen LogP contribution in [0.5, 0.6) is 0 Å². The van der Waals surface area contributed by atoms with Crippen LogP contribution in [0, 0.1) is 16.0 Å². The number of hydrogen-bond acceptors (Lipinski definition) is 4. The molecule has 0 spiro atoms. The van der Waals surface area contributed by atoms with Gasteiger partial charge >= 0.3 is 0 Å². The largest absolute Gasteiger partial charge is 0.393 e. The highest BCUT2D eigenvalue weighted by atomic mass is 16.6. The predicted molar refractivity (Wildman–Crippen MR) is 87.8 cm³/mol. The fourth-order valence-corrected chi connectivity index (χ4v) is 2.18. The summed E-state index contributed by atoms with van der Waals surface area (Å²) in [5.74, 6) is 0.436. The van der Waals surface area contributed by atoms with E-state index in [-0.39, 0.29) is 22.8 Å². The summed E-state index contributed by atoms with van der Waals surface area (Å²) in [4.78, 5) is 22.2. The number of anilines is 1. The Bertz CT molecular complexity index is 515. The summed E-state index contributed by atoms with van der Waals surface area (Å²) in [5, 5.41) is 13.6.